The van der Waals surface area contributed by atoms with Gasteiger partial charge in [0.25, 0.3) is 0 Å². The van der Waals surface area contributed by atoms with Crippen molar-refractivity contribution in [3.63, 3.8) is 0 Å². The molecule has 0 N–H and O–H groups in total. The number of unbranched alkanes of at least 4 members (excludes halogenated alkanes) is 11. The summed E-state index contributed by atoms with van der Waals surface area (Å²) in [5.41, 5.74) is 8.86. The Morgan fingerprint density at radius 3 is 2.14 bits per heavy atom. The third-order valence-corrected chi connectivity index (χ3v) is 5.54. The molecule has 0 amide bonds. The maximum atomic E-state index is 8.86. The molecule has 2 heterocycles. The summed E-state index contributed by atoms with van der Waals surface area (Å²) in [5, 5.41) is 3.89. The van der Waals surface area contributed by atoms with Crippen LogP contribution in [0.25, 0.3) is 10.4 Å². The van der Waals surface area contributed by atoms with Gasteiger partial charge in [-0.25, -0.2) is 0 Å². The van der Waals surface area contributed by atoms with Crippen LogP contribution in [0.2, 0.25) is 0 Å². The summed E-state index contributed by atoms with van der Waals surface area (Å²) in [6.07, 6.45) is 19.0. The molecule has 6 heteroatoms. The van der Waals surface area contributed by atoms with Crippen molar-refractivity contribution in [2.24, 2.45) is 5.11 Å². The molecule has 2 aliphatic rings. The zero-order valence-electron chi connectivity index (χ0n) is 18.0. The summed E-state index contributed by atoms with van der Waals surface area (Å²) in [6, 6.07) is -0.370. The number of azide groups is 1. The van der Waals surface area contributed by atoms with Gasteiger partial charge in [0, 0.05) is 4.91 Å². The van der Waals surface area contributed by atoms with Crippen LogP contribution in [0, 0.1) is 0 Å². The minimum absolute atomic E-state index is 0.269. The normalized spacial score (nSPS) is 28.5. The van der Waals surface area contributed by atoms with Crippen LogP contribution in [-0.4, -0.2) is 30.3 Å². The molecule has 0 aromatic heterocycles. The van der Waals surface area contributed by atoms with Crippen molar-refractivity contribution >= 4 is 0 Å². The fourth-order valence-electron chi connectivity index (χ4n) is 4.02. The average Bonchev–Trinajstić information content (AvgIpc) is 3.11. The zero-order valence-corrected chi connectivity index (χ0v) is 18.0. The first kappa shape index (κ1) is 23.2. The smallest absolute Gasteiger partial charge is 0.188 e. The van der Waals surface area contributed by atoms with E-state index < -0.39 is 12.1 Å². The lowest BCUT2D eigenvalue weighted by Crippen LogP contribution is -2.32. The monoisotopic (exact) mass is 393 g/mol. The van der Waals surface area contributed by atoms with Gasteiger partial charge in [-0.05, 0) is 32.2 Å². The van der Waals surface area contributed by atoms with Crippen LogP contribution in [-0.2, 0) is 14.2 Å². The summed E-state index contributed by atoms with van der Waals surface area (Å²) >= 11 is 0. The van der Waals surface area contributed by atoms with E-state index in [0.29, 0.717) is 0 Å². The first-order chi connectivity index (χ1) is 13.6. The molecular weight excluding hydrogens is 354 g/mol. The number of hydrogen-bond donors (Lipinski definition) is 0. The molecule has 2 fully saturated rings. The van der Waals surface area contributed by atoms with Gasteiger partial charge in [-0.1, -0.05) is 88.4 Å². The quantitative estimate of drug-likeness (QED) is 0.107. The molecule has 160 valence electrons. The molecule has 0 bridgehead atoms. The van der Waals surface area contributed by atoms with Crippen molar-refractivity contribution in [2.75, 3.05) is 0 Å². The first-order valence-corrected chi connectivity index (χ1v) is 11.3. The Balaban J connectivity index is 1.54. The number of nitrogens with zero attached hydrogens (tertiary/aromatic N) is 3. The molecule has 0 unspecified atom stereocenters. The Bertz CT molecular complexity index is 517. The third kappa shape index (κ3) is 7.75. The second-order valence-corrected chi connectivity index (χ2v) is 8.52. The maximum Gasteiger partial charge on any atom is 0.188 e. The van der Waals surface area contributed by atoms with Gasteiger partial charge in [0.1, 0.15) is 6.10 Å². The molecule has 28 heavy (non-hydrogen) atoms. The standard InChI is InChI=1S/C22H39N3O3/c1-4-5-6-7-8-9-10-11-12-13-14-15-16-17-18-19(24-25-23)20-21(26-18)28-22(2,3)27-20/h16-21H,4-15H2,1-3H3/b17-16+/t18-,19-,20-,21-/m1/s1. The van der Waals surface area contributed by atoms with Gasteiger partial charge < -0.3 is 14.2 Å². The molecule has 0 radical (unpaired) electrons. The number of hydrogen-bond acceptors (Lipinski definition) is 4. The first-order valence-electron chi connectivity index (χ1n) is 11.3. The second kappa shape index (κ2) is 12.5. The molecule has 0 aromatic carbocycles. The lowest BCUT2D eigenvalue weighted by molar-refractivity contribution is -0.201. The number of ether oxygens (including phenoxy) is 3. The van der Waals surface area contributed by atoms with Crippen LogP contribution in [0.15, 0.2) is 17.3 Å². The molecule has 0 aromatic rings. The van der Waals surface area contributed by atoms with Gasteiger partial charge in [-0.3, -0.25) is 0 Å². The highest BCUT2D eigenvalue weighted by molar-refractivity contribution is 5.06. The van der Waals surface area contributed by atoms with Gasteiger partial charge in [-0.15, -0.1) is 0 Å². The Kier molecular flexibility index (Phi) is 10.3. The summed E-state index contributed by atoms with van der Waals surface area (Å²) in [5.74, 6) is -0.692. The zero-order chi connectivity index (χ0) is 20.2. The van der Waals surface area contributed by atoms with E-state index in [1.807, 2.05) is 19.9 Å². The topological polar surface area (TPSA) is 76.5 Å². The van der Waals surface area contributed by atoms with Crippen molar-refractivity contribution in [2.45, 2.75) is 128 Å². The van der Waals surface area contributed by atoms with E-state index in [0.717, 1.165) is 6.42 Å². The number of allylic oxidation sites excluding steroid dienone is 1. The Labute approximate surface area is 170 Å². The van der Waals surface area contributed by atoms with Crippen molar-refractivity contribution in [1.29, 1.82) is 0 Å². The third-order valence-electron chi connectivity index (χ3n) is 5.54. The predicted molar refractivity (Wildman–Crippen MR) is 112 cm³/mol. The maximum absolute atomic E-state index is 8.86. The van der Waals surface area contributed by atoms with Crippen LogP contribution in [0.1, 0.15) is 97.8 Å². The lowest BCUT2D eigenvalue weighted by atomic mass is 10.0. The van der Waals surface area contributed by atoms with Gasteiger partial charge in [0.05, 0.1) is 12.1 Å². The SMILES string of the molecule is CCCCCCCCCCCCC/C=C/[C@H]1O[C@@H]2OC(C)(C)O[C@@H]2[C@@H]1N=[N+]=[N-]. The van der Waals surface area contributed by atoms with Crippen molar-refractivity contribution in [1.82, 2.24) is 0 Å². The van der Waals surface area contributed by atoms with Crippen LogP contribution in [0.5, 0.6) is 0 Å². The number of fused-ring (bicyclic) bond motifs is 1. The predicted octanol–water partition coefficient (Wildman–Crippen LogP) is 6.80. The van der Waals surface area contributed by atoms with Gasteiger partial charge >= 0.3 is 0 Å². The minimum atomic E-state index is -0.692. The highest BCUT2D eigenvalue weighted by Crippen LogP contribution is 2.39. The van der Waals surface area contributed by atoms with Crippen molar-refractivity contribution < 1.29 is 14.2 Å². The van der Waals surface area contributed by atoms with Crippen LogP contribution >= 0.6 is 0 Å². The Morgan fingerprint density at radius 2 is 1.54 bits per heavy atom. The average molecular weight is 394 g/mol. The molecule has 2 aliphatic heterocycles. The molecular formula is C22H39N3O3. The van der Waals surface area contributed by atoms with E-state index in [1.165, 1.54) is 70.6 Å². The van der Waals surface area contributed by atoms with Gasteiger partial charge in [-0.2, -0.15) is 0 Å². The largest absolute Gasteiger partial charge is 0.342 e. The van der Waals surface area contributed by atoms with E-state index in [9.17, 15) is 0 Å². The molecule has 4 atom stereocenters. The summed E-state index contributed by atoms with van der Waals surface area (Å²) in [7, 11) is 0. The minimum Gasteiger partial charge on any atom is -0.342 e. The highest BCUT2D eigenvalue weighted by Gasteiger charge is 2.53. The molecule has 6 nitrogen and oxygen atoms in total. The molecule has 0 saturated carbocycles. The van der Waals surface area contributed by atoms with E-state index in [-0.39, 0.29) is 18.2 Å². The fourth-order valence-corrected chi connectivity index (χ4v) is 4.02. The summed E-state index contributed by atoms with van der Waals surface area (Å²) in [4.78, 5) is 2.97. The van der Waals surface area contributed by atoms with Crippen LogP contribution in [0.3, 0.4) is 0 Å². The van der Waals surface area contributed by atoms with Crippen LogP contribution < -0.4 is 0 Å². The summed E-state index contributed by atoms with van der Waals surface area (Å²) < 4.78 is 17.5. The Morgan fingerprint density at radius 1 is 0.929 bits per heavy atom. The second-order valence-electron chi connectivity index (χ2n) is 8.52. The van der Waals surface area contributed by atoms with Crippen molar-refractivity contribution in [3.05, 3.63) is 22.6 Å². The summed E-state index contributed by atoms with van der Waals surface area (Å²) in [6.45, 7) is 5.96. The molecule has 2 rings (SSSR count). The molecule has 2 saturated heterocycles. The molecule has 0 aliphatic carbocycles. The van der Waals surface area contributed by atoms with E-state index >= 15 is 0 Å². The fraction of sp³-hybridized carbons (Fsp3) is 0.909. The number of rotatable bonds is 14. The van der Waals surface area contributed by atoms with Gasteiger partial charge in [0.15, 0.2) is 12.1 Å². The molecule has 0 spiro atoms. The van der Waals surface area contributed by atoms with Crippen molar-refractivity contribution in [3.8, 4) is 0 Å². The van der Waals surface area contributed by atoms with Gasteiger partial charge in [0.2, 0.25) is 0 Å². The Hall–Kier alpha value is -1.07. The van der Waals surface area contributed by atoms with E-state index in [2.05, 4.69) is 23.0 Å². The highest BCUT2D eigenvalue weighted by atomic mass is 16.8. The van der Waals surface area contributed by atoms with E-state index in [1.54, 1.807) is 0 Å². The lowest BCUT2D eigenvalue weighted by Gasteiger charge is -2.21. The van der Waals surface area contributed by atoms with Crippen LogP contribution in [0.4, 0.5) is 0 Å². The van der Waals surface area contributed by atoms with E-state index in [4.69, 9.17) is 19.7 Å².